The second kappa shape index (κ2) is 10.1. The van der Waals surface area contributed by atoms with E-state index in [1.165, 1.54) is 18.3 Å². The van der Waals surface area contributed by atoms with Gasteiger partial charge in [0.2, 0.25) is 0 Å². The van der Waals surface area contributed by atoms with Gasteiger partial charge in [-0.3, -0.25) is 4.98 Å². The van der Waals surface area contributed by atoms with Crippen LogP contribution in [0.3, 0.4) is 0 Å². The number of nitrogen functional groups attached to an aromatic ring is 1. The molecule has 0 amide bonds. The summed E-state index contributed by atoms with van der Waals surface area (Å²) >= 11 is 0.768. The minimum atomic E-state index is -4.60. The first-order valence-corrected chi connectivity index (χ1v) is 13.7. The van der Waals surface area contributed by atoms with E-state index in [2.05, 4.69) is 19.7 Å². The highest BCUT2D eigenvalue weighted by molar-refractivity contribution is 7.99. The number of alkyl halides is 4. The van der Waals surface area contributed by atoms with Crippen molar-refractivity contribution in [1.82, 2.24) is 19.7 Å². The fraction of sp³-hybridized carbons (Fsp3) is 0.609. The van der Waals surface area contributed by atoms with Gasteiger partial charge in [0, 0.05) is 24.2 Å². The highest BCUT2D eigenvalue weighted by Gasteiger charge is 2.51. The fourth-order valence-electron chi connectivity index (χ4n) is 4.77. The molecule has 13 heteroatoms. The Morgan fingerprint density at radius 3 is 2.50 bits per heavy atom. The van der Waals surface area contributed by atoms with Crippen LogP contribution < -0.4 is 15.4 Å². The molecule has 1 saturated carbocycles. The third-order valence-electron chi connectivity index (χ3n) is 6.81. The van der Waals surface area contributed by atoms with Gasteiger partial charge in [-0.25, -0.2) is 23.3 Å². The molecule has 3 heterocycles. The molecule has 3 N–H and O–H groups in total. The molecule has 3 atom stereocenters. The Morgan fingerprint density at radius 1 is 1.19 bits per heavy atom. The minimum Gasteiger partial charge on any atom is -0.381 e. The van der Waals surface area contributed by atoms with Crippen molar-refractivity contribution < 1.29 is 21.8 Å². The van der Waals surface area contributed by atoms with Crippen LogP contribution >= 0.6 is 11.8 Å². The molecular weight excluding hydrogens is 516 g/mol. The lowest BCUT2D eigenvalue weighted by Gasteiger charge is -2.44. The van der Waals surface area contributed by atoms with E-state index in [0.29, 0.717) is 38.2 Å². The van der Waals surface area contributed by atoms with Crippen LogP contribution in [-0.4, -0.2) is 49.2 Å². The molecule has 1 aliphatic heterocycles. The second-order valence-electron chi connectivity index (χ2n) is 10.2. The van der Waals surface area contributed by atoms with Crippen molar-refractivity contribution >= 4 is 34.4 Å². The summed E-state index contributed by atoms with van der Waals surface area (Å²) in [6.45, 7) is 6.76. The average Bonchev–Trinajstić information content (AvgIpc) is 3.09. The van der Waals surface area contributed by atoms with E-state index in [4.69, 9.17) is 5.73 Å². The van der Waals surface area contributed by atoms with Crippen LogP contribution in [0, 0.1) is 5.41 Å². The Kier molecular flexibility index (Phi) is 7.55. The minimum absolute atomic E-state index is 0.0274. The van der Waals surface area contributed by atoms with Crippen LogP contribution in [0.1, 0.15) is 52.1 Å². The summed E-state index contributed by atoms with van der Waals surface area (Å²) in [7, 11) is -1.37. The van der Waals surface area contributed by atoms with Crippen molar-refractivity contribution in [2.24, 2.45) is 5.41 Å². The zero-order valence-electron chi connectivity index (χ0n) is 20.3. The second-order valence-corrected chi connectivity index (χ2v) is 13.3. The lowest BCUT2D eigenvalue weighted by atomic mass is 9.74. The Bertz CT molecular complexity index is 1120. The summed E-state index contributed by atoms with van der Waals surface area (Å²) in [6.07, 6.45) is -0.529. The molecule has 2 fully saturated rings. The van der Waals surface area contributed by atoms with E-state index in [1.807, 2.05) is 25.7 Å². The quantitative estimate of drug-likeness (QED) is 0.522. The summed E-state index contributed by atoms with van der Waals surface area (Å²) in [5.74, 6) is 0.547. The van der Waals surface area contributed by atoms with E-state index < -0.39 is 39.8 Å². The van der Waals surface area contributed by atoms with Crippen molar-refractivity contribution in [1.29, 1.82) is 0 Å². The van der Waals surface area contributed by atoms with Gasteiger partial charge in [-0.05, 0) is 64.0 Å². The molecule has 4 rings (SSSR count). The van der Waals surface area contributed by atoms with E-state index in [-0.39, 0.29) is 21.2 Å². The normalized spacial score (nSPS) is 23.2. The smallest absolute Gasteiger partial charge is 0.381 e. The molecule has 36 heavy (non-hydrogen) atoms. The molecule has 2 aliphatic rings. The number of pyridine rings is 1. The molecule has 2 unspecified atom stereocenters. The molecule has 2 aromatic heterocycles. The molecule has 1 aliphatic carbocycles. The topological polar surface area (TPSA) is 97.0 Å². The van der Waals surface area contributed by atoms with Gasteiger partial charge < -0.3 is 10.6 Å². The fourth-order valence-corrected chi connectivity index (χ4v) is 6.63. The summed E-state index contributed by atoms with van der Waals surface area (Å²) in [5, 5.41) is 0.163. The number of anilines is 2. The summed E-state index contributed by atoms with van der Waals surface area (Å²) in [6, 6.07) is 2.26. The number of hydrogen-bond acceptors (Lipinski definition) is 7. The van der Waals surface area contributed by atoms with Gasteiger partial charge in [-0.2, -0.15) is 13.2 Å². The van der Waals surface area contributed by atoms with Crippen molar-refractivity contribution in [3.8, 4) is 0 Å². The molecule has 0 bridgehead atoms. The Balaban J connectivity index is 1.45. The molecule has 1 spiro atoms. The van der Waals surface area contributed by atoms with Crippen LogP contribution in [0.2, 0.25) is 0 Å². The number of piperidine rings is 1. The highest BCUT2D eigenvalue weighted by atomic mass is 32.2. The predicted octanol–water partition coefficient (Wildman–Crippen LogP) is 4.76. The average molecular weight is 547 g/mol. The van der Waals surface area contributed by atoms with Crippen molar-refractivity contribution in [2.75, 3.05) is 23.7 Å². The summed E-state index contributed by atoms with van der Waals surface area (Å²) in [4.78, 5) is 14.0. The van der Waals surface area contributed by atoms with Crippen molar-refractivity contribution in [2.45, 2.75) is 79.5 Å². The first-order chi connectivity index (χ1) is 16.8. The van der Waals surface area contributed by atoms with Crippen LogP contribution in [0.15, 0.2) is 34.4 Å². The van der Waals surface area contributed by atoms with Crippen LogP contribution in [0.5, 0.6) is 0 Å². The molecule has 0 aromatic carbocycles. The number of nitrogens with zero attached hydrogens (tertiary/aromatic N) is 4. The Hall–Kier alpha value is -1.99. The Morgan fingerprint density at radius 2 is 1.89 bits per heavy atom. The van der Waals surface area contributed by atoms with E-state index in [1.54, 1.807) is 0 Å². The van der Waals surface area contributed by atoms with Crippen LogP contribution in [0.4, 0.5) is 29.2 Å². The van der Waals surface area contributed by atoms with Crippen LogP contribution in [-0.2, 0) is 17.2 Å². The monoisotopic (exact) mass is 546 g/mol. The number of halogens is 4. The number of aromatic nitrogens is 3. The van der Waals surface area contributed by atoms with Gasteiger partial charge in [-0.1, -0.05) is 11.8 Å². The maximum atomic E-state index is 14.8. The van der Waals surface area contributed by atoms with Gasteiger partial charge >= 0.3 is 6.18 Å². The third kappa shape index (κ3) is 5.62. The summed E-state index contributed by atoms with van der Waals surface area (Å²) < 4.78 is 69.9. The van der Waals surface area contributed by atoms with Crippen LogP contribution in [0.25, 0.3) is 0 Å². The first-order valence-electron chi connectivity index (χ1n) is 11.7. The molecule has 0 radical (unpaired) electrons. The first kappa shape index (κ1) is 27.1. The van der Waals surface area contributed by atoms with E-state index >= 15 is 0 Å². The van der Waals surface area contributed by atoms with Gasteiger partial charge in [0.1, 0.15) is 17.0 Å². The lowest BCUT2D eigenvalue weighted by molar-refractivity contribution is -0.143. The SMILES string of the molecule is CC(C)(C)[S@](=O)NC1C(F)CCC12CCN(c1cnc(Sc3cccnc3C(F)(F)F)c(N)n1)CC2. The number of nitrogens with two attached hydrogens (primary N) is 1. The van der Waals surface area contributed by atoms with E-state index in [9.17, 15) is 21.8 Å². The van der Waals surface area contributed by atoms with Gasteiger partial charge in [0.25, 0.3) is 0 Å². The molecule has 1 saturated heterocycles. The van der Waals surface area contributed by atoms with Gasteiger partial charge in [0.15, 0.2) is 11.5 Å². The molecule has 2 aromatic rings. The predicted molar refractivity (Wildman–Crippen MR) is 133 cm³/mol. The Labute approximate surface area is 214 Å². The lowest BCUT2D eigenvalue weighted by Crippen LogP contribution is -2.54. The van der Waals surface area contributed by atoms with Gasteiger partial charge in [0.05, 0.1) is 28.0 Å². The number of nitrogens with one attached hydrogen (secondary N) is 1. The maximum Gasteiger partial charge on any atom is 0.434 e. The number of hydrogen-bond donors (Lipinski definition) is 2. The summed E-state index contributed by atoms with van der Waals surface area (Å²) in [5.41, 5.74) is 4.78. The largest absolute Gasteiger partial charge is 0.434 e. The molecule has 7 nitrogen and oxygen atoms in total. The van der Waals surface area contributed by atoms with E-state index in [0.717, 1.165) is 24.4 Å². The zero-order valence-corrected chi connectivity index (χ0v) is 21.9. The van der Waals surface area contributed by atoms with Crippen molar-refractivity contribution in [3.05, 3.63) is 30.2 Å². The maximum absolute atomic E-state index is 14.8. The highest BCUT2D eigenvalue weighted by Crippen LogP contribution is 2.48. The molecule has 198 valence electrons. The molecular formula is C23H30F4N6OS2. The third-order valence-corrected chi connectivity index (χ3v) is 9.45. The number of rotatable bonds is 5. The standard InChI is InChI=1S/C23H30F4N6OS2/c1-21(2,3)36(34)32-17-14(24)6-7-22(17)8-11-33(12-9-22)16-13-30-20(19(28)31-16)35-15-5-4-10-29-18(15)23(25,26)27/h4-5,10,13-14,17,32H,6-9,11-12H2,1-3H3,(H2,28,31)/t14?,17?,36-/m0/s1. The van der Waals surface area contributed by atoms with Crippen molar-refractivity contribution in [3.63, 3.8) is 0 Å². The zero-order chi connectivity index (χ0) is 26.3. The van der Waals surface area contributed by atoms with Gasteiger partial charge in [-0.15, -0.1) is 0 Å².